The summed E-state index contributed by atoms with van der Waals surface area (Å²) in [7, 11) is 0. The number of rotatable bonds is 4. The van der Waals surface area contributed by atoms with Crippen molar-refractivity contribution in [2.75, 3.05) is 29.9 Å². The highest BCUT2D eigenvalue weighted by Crippen LogP contribution is 2.19. The molecular formula is C18H20FN5O2. The molecule has 0 radical (unpaired) electrons. The van der Waals surface area contributed by atoms with Gasteiger partial charge >= 0.3 is 11.8 Å². The summed E-state index contributed by atoms with van der Waals surface area (Å²) in [5.41, 5.74) is -0.0104. The van der Waals surface area contributed by atoms with E-state index in [0.29, 0.717) is 12.5 Å². The fraction of sp³-hybridized carbons (Fsp3) is 0.333. The first-order valence-electron chi connectivity index (χ1n) is 8.49. The van der Waals surface area contributed by atoms with Crippen molar-refractivity contribution in [2.45, 2.75) is 12.8 Å². The van der Waals surface area contributed by atoms with Gasteiger partial charge < -0.3 is 15.5 Å². The molecule has 0 unspecified atom stereocenters. The van der Waals surface area contributed by atoms with Gasteiger partial charge in [0.2, 0.25) is 5.95 Å². The van der Waals surface area contributed by atoms with Gasteiger partial charge in [-0.2, -0.15) is 0 Å². The van der Waals surface area contributed by atoms with Crippen LogP contribution < -0.4 is 15.5 Å². The molecule has 0 aliphatic carbocycles. The fourth-order valence-electron chi connectivity index (χ4n) is 2.85. The summed E-state index contributed by atoms with van der Waals surface area (Å²) in [6.07, 6.45) is 5.16. The number of nitrogens with one attached hydrogen (secondary N) is 2. The lowest BCUT2D eigenvalue weighted by Gasteiger charge is -2.31. The maximum absolute atomic E-state index is 13.5. The van der Waals surface area contributed by atoms with E-state index in [1.807, 2.05) is 0 Å². The molecule has 8 heteroatoms. The van der Waals surface area contributed by atoms with Gasteiger partial charge in [-0.3, -0.25) is 9.59 Å². The Labute approximate surface area is 150 Å². The molecule has 1 aliphatic rings. The van der Waals surface area contributed by atoms with Crippen LogP contribution in [0.15, 0.2) is 42.7 Å². The van der Waals surface area contributed by atoms with Gasteiger partial charge in [-0.05, 0) is 37.0 Å². The lowest BCUT2D eigenvalue weighted by atomic mass is 9.97. The second-order valence-electron chi connectivity index (χ2n) is 6.12. The molecule has 1 aromatic carbocycles. The molecule has 1 saturated heterocycles. The SMILES string of the molecule is O=C(NCC1CCN(c2ncccn2)CC1)C(=O)Nc1ccccc1F. The van der Waals surface area contributed by atoms with E-state index < -0.39 is 17.6 Å². The zero-order chi connectivity index (χ0) is 18.4. The van der Waals surface area contributed by atoms with E-state index in [9.17, 15) is 14.0 Å². The molecule has 2 amide bonds. The number of piperidine rings is 1. The predicted molar refractivity (Wildman–Crippen MR) is 95.0 cm³/mol. The summed E-state index contributed by atoms with van der Waals surface area (Å²) >= 11 is 0. The van der Waals surface area contributed by atoms with Crippen LogP contribution in [0.4, 0.5) is 16.0 Å². The molecule has 2 heterocycles. The molecular weight excluding hydrogens is 337 g/mol. The van der Waals surface area contributed by atoms with E-state index in [4.69, 9.17) is 0 Å². The van der Waals surface area contributed by atoms with Crippen LogP contribution in [0, 0.1) is 11.7 Å². The number of amides is 2. The third-order valence-electron chi connectivity index (χ3n) is 4.33. The van der Waals surface area contributed by atoms with E-state index in [-0.39, 0.29) is 11.6 Å². The molecule has 0 saturated carbocycles. The van der Waals surface area contributed by atoms with Crippen molar-refractivity contribution in [3.63, 3.8) is 0 Å². The highest BCUT2D eigenvalue weighted by atomic mass is 19.1. The molecule has 1 fully saturated rings. The van der Waals surface area contributed by atoms with Crippen molar-refractivity contribution in [1.82, 2.24) is 15.3 Å². The number of halogens is 1. The molecule has 1 aliphatic heterocycles. The number of carbonyl (C=O) groups is 2. The largest absolute Gasteiger partial charge is 0.348 e. The fourth-order valence-corrected chi connectivity index (χ4v) is 2.85. The lowest BCUT2D eigenvalue weighted by molar-refractivity contribution is -0.136. The van der Waals surface area contributed by atoms with Crippen molar-refractivity contribution >= 4 is 23.5 Å². The van der Waals surface area contributed by atoms with E-state index in [1.165, 1.54) is 18.2 Å². The Kier molecular flexibility index (Phi) is 5.73. The van der Waals surface area contributed by atoms with Crippen LogP contribution in [0.5, 0.6) is 0 Å². The summed E-state index contributed by atoms with van der Waals surface area (Å²) in [5.74, 6) is -1.23. The standard InChI is InChI=1S/C18H20FN5O2/c19-14-4-1-2-5-15(14)23-17(26)16(25)22-12-13-6-10-24(11-7-13)18-20-8-3-9-21-18/h1-5,8-9,13H,6-7,10-12H2,(H,22,25)(H,23,26). The Morgan fingerprint density at radius 1 is 1.08 bits per heavy atom. The summed E-state index contributed by atoms with van der Waals surface area (Å²) in [5, 5.41) is 4.90. The minimum absolute atomic E-state index is 0.0104. The second kappa shape index (κ2) is 8.37. The maximum atomic E-state index is 13.5. The van der Waals surface area contributed by atoms with Gasteiger partial charge in [-0.25, -0.2) is 14.4 Å². The Morgan fingerprint density at radius 2 is 1.77 bits per heavy atom. The molecule has 136 valence electrons. The second-order valence-corrected chi connectivity index (χ2v) is 6.12. The van der Waals surface area contributed by atoms with Crippen LogP contribution in [0.2, 0.25) is 0 Å². The van der Waals surface area contributed by atoms with Gasteiger partial charge in [0.05, 0.1) is 5.69 Å². The summed E-state index contributed by atoms with van der Waals surface area (Å²) in [4.78, 5) is 34.3. The van der Waals surface area contributed by atoms with E-state index in [2.05, 4.69) is 25.5 Å². The van der Waals surface area contributed by atoms with Crippen molar-refractivity contribution in [3.05, 3.63) is 48.5 Å². The molecule has 7 nitrogen and oxygen atoms in total. The van der Waals surface area contributed by atoms with Crippen LogP contribution >= 0.6 is 0 Å². The predicted octanol–water partition coefficient (Wildman–Crippen LogP) is 1.59. The van der Waals surface area contributed by atoms with Crippen LogP contribution in [0.1, 0.15) is 12.8 Å². The number of benzene rings is 1. The summed E-state index contributed by atoms with van der Waals surface area (Å²) in [6, 6.07) is 7.50. The average Bonchev–Trinajstić information content (AvgIpc) is 2.69. The van der Waals surface area contributed by atoms with E-state index in [1.54, 1.807) is 24.5 Å². The number of carbonyl (C=O) groups excluding carboxylic acids is 2. The van der Waals surface area contributed by atoms with Crippen molar-refractivity contribution in [3.8, 4) is 0 Å². The number of aromatic nitrogens is 2. The quantitative estimate of drug-likeness (QED) is 0.812. The Bertz CT molecular complexity index is 763. The molecule has 0 spiro atoms. The zero-order valence-corrected chi connectivity index (χ0v) is 14.2. The van der Waals surface area contributed by atoms with Crippen molar-refractivity contribution in [1.29, 1.82) is 0 Å². The minimum atomic E-state index is -0.870. The van der Waals surface area contributed by atoms with Gasteiger partial charge in [0, 0.05) is 32.0 Å². The zero-order valence-electron chi connectivity index (χ0n) is 14.2. The molecule has 26 heavy (non-hydrogen) atoms. The van der Waals surface area contributed by atoms with Gasteiger partial charge in [-0.15, -0.1) is 0 Å². The van der Waals surface area contributed by atoms with Crippen LogP contribution in [-0.2, 0) is 9.59 Å². The average molecular weight is 357 g/mol. The highest BCUT2D eigenvalue weighted by molar-refractivity contribution is 6.39. The third-order valence-corrected chi connectivity index (χ3v) is 4.33. The molecule has 1 aromatic heterocycles. The van der Waals surface area contributed by atoms with Crippen molar-refractivity contribution < 1.29 is 14.0 Å². The van der Waals surface area contributed by atoms with Crippen LogP contribution in [-0.4, -0.2) is 41.4 Å². The summed E-state index contributed by atoms with van der Waals surface area (Å²) in [6.45, 7) is 2.00. The van der Waals surface area contributed by atoms with Gasteiger partial charge in [0.1, 0.15) is 5.82 Å². The van der Waals surface area contributed by atoms with E-state index >= 15 is 0 Å². The lowest BCUT2D eigenvalue weighted by Crippen LogP contribution is -2.42. The smallest absolute Gasteiger partial charge is 0.313 e. The molecule has 0 atom stereocenters. The van der Waals surface area contributed by atoms with Gasteiger partial charge in [0.25, 0.3) is 0 Å². The van der Waals surface area contributed by atoms with Crippen LogP contribution in [0.3, 0.4) is 0 Å². The first-order chi connectivity index (χ1) is 12.6. The third kappa shape index (κ3) is 4.53. The Hall–Kier alpha value is -3.03. The van der Waals surface area contributed by atoms with E-state index in [0.717, 1.165) is 25.9 Å². The molecule has 2 N–H and O–H groups in total. The first-order valence-corrected chi connectivity index (χ1v) is 8.49. The monoisotopic (exact) mass is 357 g/mol. The minimum Gasteiger partial charge on any atom is -0.348 e. The Morgan fingerprint density at radius 3 is 2.46 bits per heavy atom. The first kappa shape index (κ1) is 17.8. The number of hydrogen-bond donors (Lipinski definition) is 2. The molecule has 3 rings (SSSR count). The Balaban J connectivity index is 1.42. The van der Waals surface area contributed by atoms with Crippen molar-refractivity contribution in [2.24, 2.45) is 5.92 Å². The number of nitrogens with zero attached hydrogens (tertiary/aromatic N) is 3. The van der Waals surface area contributed by atoms with Crippen LogP contribution in [0.25, 0.3) is 0 Å². The normalized spacial score (nSPS) is 14.7. The summed E-state index contributed by atoms with van der Waals surface area (Å²) < 4.78 is 13.5. The number of hydrogen-bond acceptors (Lipinski definition) is 5. The van der Waals surface area contributed by atoms with Gasteiger partial charge in [0.15, 0.2) is 0 Å². The maximum Gasteiger partial charge on any atom is 0.313 e. The number of anilines is 2. The topological polar surface area (TPSA) is 87.2 Å². The number of para-hydroxylation sites is 1. The molecule has 2 aromatic rings. The van der Waals surface area contributed by atoms with Gasteiger partial charge in [-0.1, -0.05) is 12.1 Å². The molecule has 0 bridgehead atoms. The highest BCUT2D eigenvalue weighted by Gasteiger charge is 2.22.